The summed E-state index contributed by atoms with van der Waals surface area (Å²) in [5.41, 5.74) is 1.40. The Morgan fingerprint density at radius 1 is 1.37 bits per heavy atom. The fourth-order valence-corrected chi connectivity index (χ4v) is 3.18. The second kappa shape index (κ2) is 7.14. The zero-order valence-corrected chi connectivity index (χ0v) is 14.7. The third-order valence-corrected chi connectivity index (χ3v) is 4.47. The van der Waals surface area contributed by atoms with Crippen molar-refractivity contribution in [2.75, 3.05) is 11.9 Å². The molecule has 0 fully saturated rings. The van der Waals surface area contributed by atoms with Crippen LogP contribution in [-0.4, -0.2) is 23.2 Å². The van der Waals surface area contributed by atoms with E-state index in [1.165, 1.54) is 30.3 Å². The van der Waals surface area contributed by atoms with Gasteiger partial charge in [0.15, 0.2) is 12.4 Å². The van der Waals surface area contributed by atoms with Crippen molar-refractivity contribution in [1.29, 1.82) is 0 Å². The van der Waals surface area contributed by atoms with E-state index in [4.69, 9.17) is 4.74 Å². The minimum atomic E-state index is -0.519. The number of benzene rings is 2. The molecule has 0 saturated heterocycles. The number of Topliss-reactive ketones (excluding diaryl/α,β-unsaturated/α-hetero) is 1. The third kappa shape index (κ3) is 3.64. The lowest BCUT2D eigenvalue weighted by atomic mass is 10.0. The standard InChI is InChI=1S/C19H17FN2O5/c1-10-7-12(22(25)26)3-5-14(10)21-17(24)9-27-16-6-4-13(20)18-11(2)8-15(23)19(16)18/h3-7,11H,8-9H2,1-2H3,(H,21,24)/t11-/m1/s1. The van der Waals surface area contributed by atoms with Gasteiger partial charge in [-0.25, -0.2) is 4.39 Å². The lowest BCUT2D eigenvalue weighted by molar-refractivity contribution is -0.384. The van der Waals surface area contributed by atoms with Crippen LogP contribution in [0.3, 0.4) is 0 Å². The van der Waals surface area contributed by atoms with Crippen LogP contribution in [-0.2, 0) is 4.79 Å². The second-order valence-electron chi connectivity index (χ2n) is 6.46. The fourth-order valence-electron chi connectivity index (χ4n) is 3.18. The Morgan fingerprint density at radius 2 is 2.11 bits per heavy atom. The molecular formula is C19H17FN2O5. The van der Waals surface area contributed by atoms with E-state index in [0.29, 0.717) is 16.8 Å². The summed E-state index contributed by atoms with van der Waals surface area (Å²) in [6.07, 6.45) is 0.209. The van der Waals surface area contributed by atoms with Crippen molar-refractivity contribution in [3.8, 4) is 5.75 Å². The molecule has 8 heteroatoms. The molecular weight excluding hydrogens is 355 g/mol. The highest BCUT2D eigenvalue weighted by Gasteiger charge is 2.32. The largest absolute Gasteiger partial charge is 0.483 e. The van der Waals surface area contributed by atoms with Crippen molar-refractivity contribution in [3.05, 3.63) is 63.0 Å². The van der Waals surface area contributed by atoms with E-state index in [0.717, 1.165) is 0 Å². The lowest BCUT2D eigenvalue weighted by Gasteiger charge is -2.12. The summed E-state index contributed by atoms with van der Waals surface area (Å²) in [6.45, 7) is 3.02. The zero-order valence-electron chi connectivity index (χ0n) is 14.7. The smallest absolute Gasteiger partial charge is 0.269 e. The number of ether oxygens (including phenoxy) is 1. The lowest BCUT2D eigenvalue weighted by Crippen LogP contribution is -2.21. The molecule has 0 spiro atoms. The van der Waals surface area contributed by atoms with E-state index >= 15 is 0 Å². The summed E-state index contributed by atoms with van der Waals surface area (Å²) in [5, 5.41) is 13.4. The summed E-state index contributed by atoms with van der Waals surface area (Å²) in [6, 6.07) is 6.64. The zero-order chi connectivity index (χ0) is 19.7. The Bertz CT molecular complexity index is 957. The number of carbonyl (C=O) groups excluding carboxylic acids is 2. The molecule has 3 rings (SSSR count). The van der Waals surface area contributed by atoms with Gasteiger partial charge in [0.05, 0.1) is 10.5 Å². The molecule has 2 aromatic carbocycles. The minimum Gasteiger partial charge on any atom is -0.483 e. The first-order valence-electron chi connectivity index (χ1n) is 8.31. The van der Waals surface area contributed by atoms with Crippen LogP contribution >= 0.6 is 0 Å². The number of hydrogen-bond acceptors (Lipinski definition) is 5. The Balaban J connectivity index is 1.71. The van der Waals surface area contributed by atoms with Gasteiger partial charge in [0.2, 0.25) is 0 Å². The Kier molecular flexibility index (Phi) is 4.89. The molecule has 1 amide bonds. The van der Waals surface area contributed by atoms with Crippen LogP contribution in [0.4, 0.5) is 15.8 Å². The average molecular weight is 372 g/mol. The van der Waals surface area contributed by atoms with Gasteiger partial charge in [-0.3, -0.25) is 19.7 Å². The molecule has 1 aliphatic rings. The van der Waals surface area contributed by atoms with E-state index in [1.54, 1.807) is 13.8 Å². The van der Waals surface area contributed by atoms with Crippen molar-refractivity contribution in [3.63, 3.8) is 0 Å². The number of rotatable bonds is 5. The van der Waals surface area contributed by atoms with Crippen molar-refractivity contribution < 1.29 is 23.6 Å². The molecule has 1 atom stereocenters. The number of nitrogens with one attached hydrogen (secondary N) is 1. The summed E-state index contributed by atoms with van der Waals surface area (Å²) in [7, 11) is 0. The maximum Gasteiger partial charge on any atom is 0.269 e. The average Bonchev–Trinajstić information content (AvgIpc) is 2.91. The maximum atomic E-state index is 14.0. The van der Waals surface area contributed by atoms with Gasteiger partial charge < -0.3 is 10.1 Å². The second-order valence-corrected chi connectivity index (χ2v) is 6.46. The number of fused-ring (bicyclic) bond motifs is 1. The van der Waals surface area contributed by atoms with E-state index in [9.17, 15) is 24.1 Å². The molecule has 0 aromatic heterocycles. The highest BCUT2D eigenvalue weighted by atomic mass is 19.1. The molecule has 0 saturated carbocycles. The molecule has 2 aromatic rings. The van der Waals surface area contributed by atoms with Crippen LogP contribution in [0.2, 0.25) is 0 Å². The molecule has 1 N–H and O–H groups in total. The Morgan fingerprint density at radius 3 is 2.78 bits per heavy atom. The first-order valence-corrected chi connectivity index (χ1v) is 8.31. The van der Waals surface area contributed by atoms with Crippen LogP contribution in [0.15, 0.2) is 30.3 Å². The summed E-state index contributed by atoms with van der Waals surface area (Å²) >= 11 is 0. The third-order valence-electron chi connectivity index (χ3n) is 4.47. The number of nitro groups is 1. The van der Waals surface area contributed by atoms with Gasteiger partial charge in [0.25, 0.3) is 11.6 Å². The normalized spacial score (nSPS) is 15.4. The quantitative estimate of drug-likeness (QED) is 0.637. The number of anilines is 1. The monoisotopic (exact) mass is 372 g/mol. The highest BCUT2D eigenvalue weighted by molar-refractivity contribution is 6.04. The van der Waals surface area contributed by atoms with Crippen molar-refractivity contribution in [2.45, 2.75) is 26.2 Å². The predicted octanol–water partition coefficient (Wildman–Crippen LogP) is 3.75. The number of ketones is 1. The maximum absolute atomic E-state index is 14.0. The highest BCUT2D eigenvalue weighted by Crippen LogP contribution is 2.39. The number of carbonyl (C=O) groups is 2. The van der Waals surface area contributed by atoms with Gasteiger partial charge in [-0.1, -0.05) is 6.92 Å². The fraction of sp³-hybridized carbons (Fsp3) is 0.263. The number of hydrogen-bond donors (Lipinski definition) is 1. The van der Waals surface area contributed by atoms with Gasteiger partial charge in [0.1, 0.15) is 11.6 Å². The molecule has 0 unspecified atom stereocenters. The van der Waals surface area contributed by atoms with E-state index in [2.05, 4.69) is 5.32 Å². The number of nitrogens with zero attached hydrogens (tertiary/aromatic N) is 1. The van der Waals surface area contributed by atoms with Crippen LogP contribution in [0.5, 0.6) is 5.75 Å². The van der Waals surface area contributed by atoms with Crippen LogP contribution in [0, 0.1) is 22.9 Å². The number of non-ortho nitro benzene ring substituents is 1. The Hall–Kier alpha value is -3.29. The van der Waals surface area contributed by atoms with Crippen molar-refractivity contribution in [1.82, 2.24) is 0 Å². The molecule has 7 nitrogen and oxygen atoms in total. The first kappa shape index (κ1) is 18.5. The van der Waals surface area contributed by atoms with Crippen LogP contribution in [0.25, 0.3) is 0 Å². The van der Waals surface area contributed by atoms with Gasteiger partial charge in [-0.05, 0) is 36.6 Å². The topological polar surface area (TPSA) is 98.5 Å². The number of aryl methyl sites for hydroxylation is 1. The molecule has 1 aliphatic carbocycles. The minimum absolute atomic E-state index is 0.0729. The molecule has 0 bridgehead atoms. The summed E-state index contributed by atoms with van der Waals surface area (Å²) in [4.78, 5) is 34.5. The number of nitro benzene ring substituents is 1. The van der Waals surface area contributed by atoms with E-state index in [-0.39, 0.29) is 41.7 Å². The van der Waals surface area contributed by atoms with Crippen molar-refractivity contribution in [2.24, 2.45) is 0 Å². The van der Waals surface area contributed by atoms with Gasteiger partial charge in [-0.2, -0.15) is 0 Å². The first-order chi connectivity index (χ1) is 12.8. The van der Waals surface area contributed by atoms with Crippen molar-refractivity contribution >= 4 is 23.1 Å². The number of halogens is 1. The number of amides is 1. The van der Waals surface area contributed by atoms with E-state index < -0.39 is 16.6 Å². The van der Waals surface area contributed by atoms with Crippen LogP contribution < -0.4 is 10.1 Å². The van der Waals surface area contributed by atoms with Gasteiger partial charge >= 0.3 is 0 Å². The molecule has 140 valence electrons. The molecule has 27 heavy (non-hydrogen) atoms. The summed E-state index contributed by atoms with van der Waals surface area (Å²) < 4.78 is 19.4. The SMILES string of the molecule is Cc1cc([N+](=O)[O-])ccc1NC(=O)COc1ccc(F)c2c1C(=O)C[C@H]2C. The Labute approximate surface area is 154 Å². The summed E-state index contributed by atoms with van der Waals surface area (Å²) in [5.74, 6) is -1.22. The van der Waals surface area contributed by atoms with E-state index in [1.807, 2.05) is 0 Å². The molecule has 0 radical (unpaired) electrons. The van der Waals surface area contributed by atoms with Crippen LogP contribution in [0.1, 0.15) is 40.7 Å². The molecule has 0 heterocycles. The molecule has 0 aliphatic heterocycles. The van der Waals surface area contributed by atoms with Gasteiger partial charge in [0, 0.05) is 29.8 Å². The predicted molar refractivity (Wildman–Crippen MR) is 95.7 cm³/mol. The van der Waals surface area contributed by atoms with Gasteiger partial charge in [-0.15, -0.1) is 0 Å².